The number of rotatable bonds is 45. The maximum Gasteiger partial charge on any atom is 0.306 e. The van der Waals surface area contributed by atoms with Gasteiger partial charge in [-0.2, -0.15) is 0 Å². The van der Waals surface area contributed by atoms with Gasteiger partial charge in [-0.1, -0.05) is 227 Å². The van der Waals surface area contributed by atoms with Gasteiger partial charge in [-0.15, -0.1) is 0 Å². The molecule has 0 fully saturated rings. The van der Waals surface area contributed by atoms with Crippen LogP contribution in [0, 0.1) is 0 Å². The third kappa shape index (κ3) is 45.2. The van der Waals surface area contributed by atoms with Gasteiger partial charge in [-0.25, -0.2) is 0 Å². The highest BCUT2D eigenvalue weighted by Gasteiger charge is 2.24. The van der Waals surface area contributed by atoms with Crippen molar-refractivity contribution in [3.05, 3.63) is 97.2 Å². The van der Waals surface area contributed by atoms with Crippen molar-refractivity contribution in [2.45, 2.75) is 244 Å². The maximum atomic E-state index is 13.2. The van der Waals surface area contributed by atoms with Crippen molar-refractivity contribution in [3.63, 3.8) is 0 Å². The van der Waals surface area contributed by atoms with Gasteiger partial charge in [0.05, 0.1) is 25.2 Å². The number of unbranched alkanes of at least 4 members (excludes halogenated alkanes) is 20. The highest BCUT2D eigenvalue weighted by Crippen LogP contribution is 2.16. The van der Waals surface area contributed by atoms with Crippen LogP contribution in [0.2, 0.25) is 0 Å². The molecule has 0 aliphatic rings. The first-order valence-electron chi connectivity index (χ1n) is 26.0. The van der Waals surface area contributed by atoms with E-state index in [2.05, 4.69) is 86.8 Å². The van der Waals surface area contributed by atoms with Crippen molar-refractivity contribution in [1.82, 2.24) is 5.32 Å². The molecule has 63 heavy (non-hydrogen) atoms. The molecule has 0 aromatic rings. The summed E-state index contributed by atoms with van der Waals surface area (Å²) in [6.45, 7) is 6.28. The molecule has 0 aromatic heterocycles. The Labute approximate surface area is 388 Å². The van der Waals surface area contributed by atoms with Gasteiger partial charge in [-0.05, 0) is 83.5 Å². The Bertz CT molecular complexity index is 1260. The van der Waals surface area contributed by atoms with Crippen molar-refractivity contribution < 1.29 is 24.5 Å². The van der Waals surface area contributed by atoms with E-state index in [1.54, 1.807) is 0 Å². The Morgan fingerprint density at radius 1 is 0.492 bits per heavy atom. The number of nitrogens with one attached hydrogen (secondary N) is 1. The molecule has 0 saturated carbocycles. The van der Waals surface area contributed by atoms with Gasteiger partial charge in [0.1, 0.15) is 6.10 Å². The molecule has 1 amide bonds. The first kappa shape index (κ1) is 59.8. The Kier molecular flexibility index (Phi) is 47.2. The van der Waals surface area contributed by atoms with Gasteiger partial charge in [-0.3, -0.25) is 9.59 Å². The molecule has 3 N–H and O–H groups in total. The predicted octanol–water partition coefficient (Wildman–Crippen LogP) is 15.7. The molecule has 6 heteroatoms. The predicted molar refractivity (Wildman–Crippen MR) is 273 cm³/mol. The zero-order chi connectivity index (χ0) is 45.9. The van der Waals surface area contributed by atoms with Gasteiger partial charge >= 0.3 is 5.97 Å². The van der Waals surface area contributed by atoms with Crippen molar-refractivity contribution in [2.75, 3.05) is 6.61 Å². The average molecular weight is 876 g/mol. The third-order valence-electron chi connectivity index (χ3n) is 11.2. The van der Waals surface area contributed by atoms with E-state index in [1.807, 2.05) is 36.5 Å². The fraction of sp³-hybridized carbons (Fsp3) is 0.684. The van der Waals surface area contributed by atoms with Crippen LogP contribution in [-0.4, -0.2) is 46.9 Å². The van der Waals surface area contributed by atoms with Crippen LogP contribution in [-0.2, 0) is 14.3 Å². The molecule has 0 rings (SSSR count). The summed E-state index contributed by atoms with van der Waals surface area (Å²) in [5, 5.41) is 23.7. The number of amides is 1. The quantitative estimate of drug-likeness (QED) is 0.0245. The molecule has 0 bridgehead atoms. The van der Waals surface area contributed by atoms with Crippen LogP contribution in [0.4, 0.5) is 0 Å². The topological polar surface area (TPSA) is 95.9 Å². The summed E-state index contributed by atoms with van der Waals surface area (Å²) in [4.78, 5) is 26.1. The SMILES string of the molecule is CC/C=C/C=C/C=C\C=C/CCCC(CC(=O)NC(CO)C(O)CCCCCCCCCCCCCCCC)OC(=O)CCCCC/C=C\C/C=C\C/C=C\C/C=C\CCCCC. The minimum Gasteiger partial charge on any atom is -0.462 e. The number of ether oxygens (including phenoxy) is 1. The lowest BCUT2D eigenvalue weighted by Gasteiger charge is -2.24. The fourth-order valence-corrected chi connectivity index (χ4v) is 7.31. The second kappa shape index (κ2) is 49.8. The largest absolute Gasteiger partial charge is 0.462 e. The van der Waals surface area contributed by atoms with Crippen LogP contribution in [0.3, 0.4) is 0 Å². The first-order chi connectivity index (χ1) is 31.0. The molecule has 360 valence electrons. The summed E-state index contributed by atoms with van der Waals surface area (Å²) in [5.74, 6) is -0.585. The molecule has 0 aromatic carbocycles. The molecule has 3 unspecified atom stereocenters. The van der Waals surface area contributed by atoms with E-state index in [4.69, 9.17) is 4.74 Å². The van der Waals surface area contributed by atoms with E-state index in [0.29, 0.717) is 19.3 Å². The number of hydrogen-bond acceptors (Lipinski definition) is 5. The maximum absolute atomic E-state index is 13.2. The summed E-state index contributed by atoms with van der Waals surface area (Å²) in [7, 11) is 0. The summed E-state index contributed by atoms with van der Waals surface area (Å²) < 4.78 is 5.87. The number of carbonyl (C=O) groups excluding carboxylic acids is 2. The molecule has 0 radical (unpaired) electrons. The number of aliphatic hydroxyl groups is 2. The molecular weight excluding hydrogens is 779 g/mol. The van der Waals surface area contributed by atoms with Crippen LogP contribution in [0.5, 0.6) is 0 Å². The van der Waals surface area contributed by atoms with Gasteiger partial charge in [0.15, 0.2) is 0 Å². The van der Waals surface area contributed by atoms with Crippen LogP contribution in [0.25, 0.3) is 0 Å². The highest BCUT2D eigenvalue weighted by atomic mass is 16.5. The van der Waals surface area contributed by atoms with Crippen LogP contribution in [0.1, 0.15) is 226 Å². The van der Waals surface area contributed by atoms with E-state index in [9.17, 15) is 19.8 Å². The van der Waals surface area contributed by atoms with Crippen molar-refractivity contribution in [1.29, 1.82) is 0 Å². The molecule has 0 aliphatic carbocycles. The zero-order valence-corrected chi connectivity index (χ0v) is 40.9. The van der Waals surface area contributed by atoms with Crippen molar-refractivity contribution in [2.24, 2.45) is 0 Å². The number of allylic oxidation sites excluding steroid dienone is 16. The van der Waals surface area contributed by atoms with Crippen molar-refractivity contribution >= 4 is 11.9 Å². The first-order valence-corrected chi connectivity index (χ1v) is 26.0. The summed E-state index contributed by atoms with van der Waals surface area (Å²) in [6, 6.07) is -0.735. The van der Waals surface area contributed by atoms with Crippen LogP contribution in [0.15, 0.2) is 97.2 Å². The lowest BCUT2D eigenvalue weighted by Crippen LogP contribution is -2.46. The summed E-state index contributed by atoms with van der Waals surface area (Å²) in [6.07, 6.45) is 66.2. The van der Waals surface area contributed by atoms with Crippen LogP contribution < -0.4 is 5.32 Å². The molecule has 0 aliphatic heterocycles. The molecule has 0 spiro atoms. The zero-order valence-electron chi connectivity index (χ0n) is 40.9. The molecule has 0 heterocycles. The minimum absolute atomic E-state index is 0.0135. The summed E-state index contributed by atoms with van der Waals surface area (Å²) >= 11 is 0. The molecule has 0 saturated heterocycles. The number of hydrogen-bond donors (Lipinski definition) is 3. The highest BCUT2D eigenvalue weighted by molar-refractivity contribution is 5.77. The lowest BCUT2D eigenvalue weighted by molar-refractivity contribution is -0.151. The second-order valence-corrected chi connectivity index (χ2v) is 17.3. The van der Waals surface area contributed by atoms with E-state index in [1.165, 1.54) is 96.3 Å². The molecule has 3 atom stereocenters. The molecule has 6 nitrogen and oxygen atoms in total. The Hall–Kier alpha value is -3.22. The fourth-order valence-electron chi connectivity index (χ4n) is 7.31. The van der Waals surface area contributed by atoms with E-state index in [-0.39, 0.29) is 24.9 Å². The van der Waals surface area contributed by atoms with E-state index >= 15 is 0 Å². The second-order valence-electron chi connectivity index (χ2n) is 17.3. The number of esters is 1. The third-order valence-corrected chi connectivity index (χ3v) is 11.2. The van der Waals surface area contributed by atoms with Gasteiger partial charge in [0, 0.05) is 6.42 Å². The van der Waals surface area contributed by atoms with E-state index in [0.717, 1.165) is 83.5 Å². The number of aliphatic hydroxyl groups excluding tert-OH is 2. The normalized spacial score (nSPS) is 14.0. The smallest absolute Gasteiger partial charge is 0.306 e. The standard InChI is InChI=1S/C57H97NO5/c1-4-7-10-13-16-19-22-24-26-27-28-29-30-32-35-38-41-44-47-50-57(62)63-53(48-45-42-39-36-33-21-18-15-12-9-6-3)51-56(61)58-54(52-59)55(60)49-46-43-40-37-34-31-25-23-20-17-14-11-8-5-2/h9,12,15-16,18-19,21,24,26,28-29,32-33,35-36,39,53-55,59-60H,4-8,10-11,13-14,17,20,22-23,25,27,30-31,34,37-38,40-52H2,1-3H3,(H,58,61)/b12-9+,18-15+,19-16-,26-24-,29-28-,33-21-,35-32-,39-36-. The Balaban J connectivity index is 4.65. The van der Waals surface area contributed by atoms with Crippen molar-refractivity contribution in [3.8, 4) is 0 Å². The van der Waals surface area contributed by atoms with Gasteiger partial charge in [0.2, 0.25) is 5.91 Å². The van der Waals surface area contributed by atoms with Gasteiger partial charge < -0.3 is 20.3 Å². The molecular formula is C57H97NO5. The minimum atomic E-state index is -0.816. The van der Waals surface area contributed by atoms with Crippen LogP contribution >= 0.6 is 0 Å². The van der Waals surface area contributed by atoms with Gasteiger partial charge in [0.25, 0.3) is 0 Å². The Morgan fingerprint density at radius 3 is 1.48 bits per heavy atom. The average Bonchev–Trinajstić information content (AvgIpc) is 3.28. The monoisotopic (exact) mass is 876 g/mol. The Morgan fingerprint density at radius 2 is 0.937 bits per heavy atom. The van der Waals surface area contributed by atoms with E-state index < -0.39 is 18.2 Å². The lowest BCUT2D eigenvalue weighted by atomic mass is 10.0. The summed E-state index contributed by atoms with van der Waals surface area (Å²) in [5.41, 5.74) is 0. The number of carbonyl (C=O) groups is 2.